The maximum absolute atomic E-state index is 12.8. The maximum Gasteiger partial charge on any atom is 0.416 e. The first-order valence-electron chi connectivity index (χ1n) is 8.32. The van der Waals surface area contributed by atoms with Crippen molar-refractivity contribution >= 4 is 17.7 Å². The van der Waals surface area contributed by atoms with Gasteiger partial charge in [0.15, 0.2) is 5.69 Å². The summed E-state index contributed by atoms with van der Waals surface area (Å²) in [6.07, 6.45) is -1.02. The quantitative estimate of drug-likeness (QED) is 0.629. The molecule has 0 aliphatic rings. The number of hydrogen-bond donors (Lipinski definition) is 1. The van der Waals surface area contributed by atoms with Crippen LogP contribution in [0, 0.1) is 0 Å². The SMILES string of the molecule is CSc1cccc(CNC(=O)c2cn(Cc3cccc(C(F)(F)F)c3)nn2)c1. The summed E-state index contributed by atoms with van der Waals surface area (Å²) in [4.78, 5) is 13.3. The van der Waals surface area contributed by atoms with Crippen LogP contribution in [0.3, 0.4) is 0 Å². The van der Waals surface area contributed by atoms with Gasteiger partial charge in [0.2, 0.25) is 0 Å². The van der Waals surface area contributed by atoms with Crippen LogP contribution >= 0.6 is 11.8 Å². The van der Waals surface area contributed by atoms with Crippen molar-refractivity contribution in [3.63, 3.8) is 0 Å². The molecule has 0 fully saturated rings. The molecule has 1 aromatic heterocycles. The number of nitrogens with zero attached hydrogens (tertiary/aromatic N) is 3. The molecule has 9 heteroatoms. The highest BCUT2D eigenvalue weighted by Gasteiger charge is 2.30. The summed E-state index contributed by atoms with van der Waals surface area (Å²) >= 11 is 1.61. The van der Waals surface area contributed by atoms with Crippen molar-refractivity contribution in [1.29, 1.82) is 0 Å². The fourth-order valence-corrected chi connectivity index (χ4v) is 3.05. The molecule has 0 aliphatic carbocycles. The van der Waals surface area contributed by atoms with Gasteiger partial charge in [0.05, 0.1) is 18.3 Å². The van der Waals surface area contributed by atoms with E-state index in [0.29, 0.717) is 12.1 Å². The van der Waals surface area contributed by atoms with Gasteiger partial charge >= 0.3 is 6.18 Å². The van der Waals surface area contributed by atoms with E-state index in [2.05, 4.69) is 15.6 Å². The fraction of sp³-hybridized carbons (Fsp3) is 0.211. The van der Waals surface area contributed by atoms with Crippen molar-refractivity contribution in [2.45, 2.75) is 24.2 Å². The molecule has 0 saturated carbocycles. The van der Waals surface area contributed by atoms with Gasteiger partial charge in [-0.25, -0.2) is 4.68 Å². The molecule has 1 heterocycles. The van der Waals surface area contributed by atoms with Crippen LogP contribution in [-0.2, 0) is 19.3 Å². The second kappa shape index (κ2) is 8.47. The van der Waals surface area contributed by atoms with E-state index in [1.807, 2.05) is 30.5 Å². The Balaban J connectivity index is 1.62. The minimum absolute atomic E-state index is 0.0833. The van der Waals surface area contributed by atoms with Gasteiger partial charge in [-0.15, -0.1) is 16.9 Å². The number of aromatic nitrogens is 3. The van der Waals surface area contributed by atoms with E-state index in [9.17, 15) is 18.0 Å². The number of rotatable bonds is 6. The summed E-state index contributed by atoms with van der Waals surface area (Å²) in [6.45, 7) is 0.424. The molecule has 1 N–H and O–H groups in total. The Kier molecular flexibility index (Phi) is 6.03. The molecule has 0 bridgehead atoms. The highest BCUT2D eigenvalue weighted by molar-refractivity contribution is 7.98. The minimum atomic E-state index is -4.41. The summed E-state index contributed by atoms with van der Waals surface area (Å²) in [5.41, 5.74) is 0.751. The molecule has 28 heavy (non-hydrogen) atoms. The number of thioether (sulfide) groups is 1. The average molecular weight is 406 g/mol. The lowest BCUT2D eigenvalue weighted by atomic mass is 10.1. The Morgan fingerprint density at radius 1 is 1.14 bits per heavy atom. The lowest BCUT2D eigenvalue weighted by Crippen LogP contribution is -2.23. The van der Waals surface area contributed by atoms with Gasteiger partial charge in [-0.05, 0) is 41.6 Å². The van der Waals surface area contributed by atoms with Crippen LogP contribution in [-0.4, -0.2) is 27.2 Å². The molecule has 0 unspecified atom stereocenters. The third kappa shape index (κ3) is 5.13. The van der Waals surface area contributed by atoms with Gasteiger partial charge in [-0.3, -0.25) is 4.79 Å². The largest absolute Gasteiger partial charge is 0.416 e. The van der Waals surface area contributed by atoms with E-state index in [1.54, 1.807) is 17.8 Å². The highest BCUT2D eigenvalue weighted by Crippen LogP contribution is 2.29. The van der Waals surface area contributed by atoms with Crippen molar-refractivity contribution in [2.24, 2.45) is 0 Å². The van der Waals surface area contributed by atoms with Crippen molar-refractivity contribution in [1.82, 2.24) is 20.3 Å². The molecular formula is C19H17F3N4OS. The number of alkyl halides is 3. The van der Waals surface area contributed by atoms with Crippen molar-refractivity contribution in [2.75, 3.05) is 6.26 Å². The summed E-state index contributed by atoms with van der Waals surface area (Å²) in [5.74, 6) is -0.398. The number of carbonyl (C=O) groups is 1. The first-order chi connectivity index (χ1) is 13.3. The molecular weight excluding hydrogens is 389 g/mol. The second-order valence-electron chi connectivity index (χ2n) is 6.03. The van der Waals surface area contributed by atoms with Crippen LogP contribution in [0.25, 0.3) is 0 Å². The van der Waals surface area contributed by atoms with Crippen LogP contribution in [0.1, 0.15) is 27.2 Å². The second-order valence-corrected chi connectivity index (χ2v) is 6.91. The van der Waals surface area contributed by atoms with Gasteiger partial charge in [0, 0.05) is 11.4 Å². The number of amides is 1. The first-order valence-corrected chi connectivity index (χ1v) is 9.55. The van der Waals surface area contributed by atoms with E-state index in [0.717, 1.165) is 22.6 Å². The third-order valence-electron chi connectivity index (χ3n) is 3.96. The Morgan fingerprint density at radius 2 is 1.89 bits per heavy atom. The molecule has 3 rings (SSSR count). The molecule has 0 radical (unpaired) electrons. The van der Waals surface area contributed by atoms with Crippen LogP contribution in [0.4, 0.5) is 13.2 Å². The van der Waals surface area contributed by atoms with E-state index in [4.69, 9.17) is 0 Å². The highest BCUT2D eigenvalue weighted by atomic mass is 32.2. The van der Waals surface area contributed by atoms with Gasteiger partial charge in [-0.2, -0.15) is 13.2 Å². The van der Waals surface area contributed by atoms with Crippen LogP contribution < -0.4 is 5.32 Å². The molecule has 0 spiro atoms. The summed E-state index contributed by atoms with van der Waals surface area (Å²) in [6, 6.07) is 12.8. The summed E-state index contributed by atoms with van der Waals surface area (Å²) in [5, 5.41) is 10.4. The molecule has 3 aromatic rings. The molecule has 5 nitrogen and oxygen atoms in total. The summed E-state index contributed by atoms with van der Waals surface area (Å²) < 4.78 is 39.7. The molecule has 0 aliphatic heterocycles. The van der Waals surface area contributed by atoms with Gasteiger partial charge in [0.25, 0.3) is 5.91 Å². The Bertz CT molecular complexity index is 972. The van der Waals surface area contributed by atoms with Crippen molar-refractivity contribution in [3.8, 4) is 0 Å². The predicted octanol–water partition coefficient (Wildman–Crippen LogP) is 4.00. The van der Waals surface area contributed by atoms with Crippen LogP contribution in [0.5, 0.6) is 0 Å². The molecule has 146 valence electrons. The normalized spacial score (nSPS) is 11.4. The topological polar surface area (TPSA) is 59.8 Å². The van der Waals surface area contributed by atoms with E-state index in [-0.39, 0.29) is 12.2 Å². The van der Waals surface area contributed by atoms with Crippen molar-refractivity contribution in [3.05, 3.63) is 77.1 Å². The smallest absolute Gasteiger partial charge is 0.347 e. The van der Waals surface area contributed by atoms with Gasteiger partial charge in [-0.1, -0.05) is 29.5 Å². The number of carbonyl (C=O) groups excluding carboxylic acids is 1. The number of hydrogen-bond acceptors (Lipinski definition) is 4. The van der Waals surface area contributed by atoms with E-state index >= 15 is 0 Å². The van der Waals surface area contributed by atoms with Gasteiger partial charge < -0.3 is 5.32 Å². The standard InChI is InChI=1S/C19H17F3N4OS/c1-28-16-7-3-4-13(9-16)10-23-18(27)17-12-26(25-24-17)11-14-5-2-6-15(8-14)19(20,21)22/h2-9,12H,10-11H2,1H3,(H,23,27). The monoisotopic (exact) mass is 406 g/mol. The lowest BCUT2D eigenvalue weighted by molar-refractivity contribution is -0.137. The Labute approximate surface area is 163 Å². The zero-order valence-electron chi connectivity index (χ0n) is 14.9. The number of halogens is 3. The maximum atomic E-state index is 12.8. The van der Waals surface area contributed by atoms with Crippen LogP contribution in [0.2, 0.25) is 0 Å². The fourth-order valence-electron chi connectivity index (χ4n) is 2.57. The number of nitrogens with one attached hydrogen (secondary N) is 1. The van der Waals surface area contributed by atoms with Crippen molar-refractivity contribution < 1.29 is 18.0 Å². The van der Waals surface area contributed by atoms with Crippen LogP contribution in [0.15, 0.2) is 59.6 Å². The third-order valence-corrected chi connectivity index (χ3v) is 4.68. The molecule has 1 amide bonds. The van der Waals surface area contributed by atoms with Gasteiger partial charge in [0.1, 0.15) is 0 Å². The zero-order chi connectivity index (χ0) is 20.1. The Morgan fingerprint density at radius 3 is 2.64 bits per heavy atom. The van der Waals surface area contributed by atoms with E-state index in [1.165, 1.54) is 16.9 Å². The Hall–Kier alpha value is -2.81. The predicted molar refractivity (Wildman–Crippen MR) is 100.0 cm³/mol. The molecule has 0 saturated heterocycles. The zero-order valence-corrected chi connectivity index (χ0v) is 15.7. The average Bonchev–Trinajstić information content (AvgIpc) is 3.14. The number of benzene rings is 2. The minimum Gasteiger partial charge on any atom is -0.347 e. The molecule has 2 aromatic carbocycles. The molecule has 0 atom stereocenters. The first kappa shape index (κ1) is 19.9. The summed E-state index contributed by atoms with van der Waals surface area (Å²) in [7, 11) is 0. The van der Waals surface area contributed by atoms with E-state index < -0.39 is 17.6 Å². The lowest BCUT2D eigenvalue weighted by Gasteiger charge is -2.08.